The van der Waals surface area contributed by atoms with Gasteiger partial charge < -0.3 is 19.3 Å². The van der Waals surface area contributed by atoms with Gasteiger partial charge in [0.2, 0.25) is 0 Å². The number of ether oxygens (including phenoxy) is 3. The summed E-state index contributed by atoms with van der Waals surface area (Å²) in [5.41, 5.74) is 2.04. The number of aliphatic hydroxyl groups is 1. The lowest BCUT2D eigenvalue weighted by Crippen LogP contribution is -2.29. The average molecular weight is 518 g/mol. The SMILES string of the molecule is COc1ccc(OC)c(/C(O)=C2\C(=O)C(=O)N(c3nc4cc(C)c(OC)cc4s3)C2c2ccccn2)c1. The molecule has 1 fully saturated rings. The van der Waals surface area contributed by atoms with Gasteiger partial charge in [0.1, 0.15) is 29.0 Å². The topological polar surface area (TPSA) is 111 Å². The molecule has 2 aromatic carbocycles. The van der Waals surface area contributed by atoms with Crippen molar-refractivity contribution in [2.24, 2.45) is 0 Å². The predicted molar refractivity (Wildman–Crippen MR) is 139 cm³/mol. The second kappa shape index (κ2) is 9.55. The number of hydrogen-bond donors (Lipinski definition) is 1. The molecule has 37 heavy (non-hydrogen) atoms. The minimum Gasteiger partial charge on any atom is -0.507 e. The Labute approximate surface area is 216 Å². The lowest BCUT2D eigenvalue weighted by atomic mass is 9.98. The molecule has 10 heteroatoms. The molecule has 0 bridgehead atoms. The smallest absolute Gasteiger partial charge is 0.301 e. The fraction of sp³-hybridized carbons (Fsp3) is 0.185. The van der Waals surface area contributed by atoms with Crippen LogP contribution in [0.4, 0.5) is 5.13 Å². The van der Waals surface area contributed by atoms with Crippen LogP contribution in [0.5, 0.6) is 17.2 Å². The van der Waals surface area contributed by atoms with E-state index < -0.39 is 23.5 Å². The Morgan fingerprint density at radius 1 is 1.00 bits per heavy atom. The van der Waals surface area contributed by atoms with Gasteiger partial charge in [-0.1, -0.05) is 17.4 Å². The van der Waals surface area contributed by atoms with Crippen LogP contribution in [0, 0.1) is 6.92 Å². The molecule has 3 heterocycles. The average Bonchev–Trinajstić information content (AvgIpc) is 3.44. The zero-order chi connectivity index (χ0) is 26.3. The number of aryl methyl sites for hydroxylation is 1. The number of rotatable bonds is 6. The molecule has 1 atom stereocenters. The van der Waals surface area contributed by atoms with Crippen molar-refractivity contribution in [2.45, 2.75) is 13.0 Å². The zero-order valence-electron chi connectivity index (χ0n) is 20.5. The second-order valence-electron chi connectivity index (χ2n) is 8.28. The van der Waals surface area contributed by atoms with E-state index in [-0.39, 0.29) is 11.1 Å². The van der Waals surface area contributed by atoms with E-state index in [0.29, 0.717) is 33.6 Å². The fourth-order valence-electron chi connectivity index (χ4n) is 4.36. The molecule has 1 unspecified atom stereocenters. The first kappa shape index (κ1) is 24.3. The van der Waals surface area contributed by atoms with Crippen LogP contribution in [0.3, 0.4) is 0 Å². The number of thiazole rings is 1. The Kier molecular flexibility index (Phi) is 6.26. The van der Waals surface area contributed by atoms with Crippen LogP contribution in [0.2, 0.25) is 0 Å². The Morgan fingerprint density at radius 3 is 2.46 bits per heavy atom. The summed E-state index contributed by atoms with van der Waals surface area (Å²) in [6.07, 6.45) is 1.56. The van der Waals surface area contributed by atoms with Crippen LogP contribution in [-0.4, -0.2) is 48.1 Å². The normalized spacial score (nSPS) is 16.9. The number of nitrogens with zero attached hydrogens (tertiary/aromatic N) is 3. The number of ketones is 1. The van der Waals surface area contributed by atoms with Gasteiger partial charge in [0.05, 0.1) is 48.4 Å². The molecule has 1 aliphatic rings. The van der Waals surface area contributed by atoms with Crippen LogP contribution in [0.1, 0.15) is 22.9 Å². The van der Waals surface area contributed by atoms with Gasteiger partial charge in [-0.25, -0.2) is 4.98 Å². The van der Waals surface area contributed by atoms with Gasteiger partial charge >= 0.3 is 5.91 Å². The highest BCUT2D eigenvalue weighted by molar-refractivity contribution is 7.22. The number of anilines is 1. The van der Waals surface area contributed by atoms with Gasteiger partial charge in [-0.2, -0.15) is 0 Å². The number of carbonyl (C=O) groups is 2. The number of carbonyl (C=O) groups excluding carboxylic acids is 2. The third kappa shape index (κ3) is 4.05. The summed E-state index contributed by atoms with van der Waals surface area (Å²) in [5.74, 6) is -0.622. The van der Waals surface area contributed by atoms with Gasteiger partial charge in [0, 0.05) is 6.20 Å². The van der Waals surface area contributed by atoms with Crippen LogP contribution in [0.25, 0.3) is 16.0 Å². The molecule has 1 N–H and O–H groups in total. The van der Waals surface area contributed by atoms with Crippen molar-refractivity contribution in [1.82, 2.24) is 9.97 Å². The van der Waals surface area contributed by atoms with Gasteiger partial charge in [-0.05, 0) is 55.0 Å². The van der Waals surface area contributed by atoms with E-state index in [1.54, 1.807) is 49.7 Å². The number of aromatic nitrogens is 2. The van der Waals surface area contributed by atoms with Crippen molar-refractivity contribution < 1.29 is 28.9 Å². The number of aliphatic hydroxyl groups excluding tert-OH is 1. The van der Waals surface area contributed by atoms with Crippen molar-refractivity contribution in [2.75, 3.05) is 26.2 Å². The van der Waals surface area contributed by atoms with Crippen LogP contribution < -0.4 is 19.1 Å². The van der Waals surface area contributed by atoms with E-state index in [1.807, 2.05) is 19.1 Å². The van der Waals surface area contributed by atoms with E-state index in [0.717, 1.165) is 10.3 Å². The summed E-state index contributed by atoms with van der Waals surface area (Å²) in [6, 6.07) is 12.7. The predicted octanol–water partition coefficient (Wildman–Crippen LogP) is 4.65. The van der Waals surface area contributed by atoms with E-state index in [9.17, 15) is 14.7 Å². The standard InChI is InChI=1S/C27H23N3O6S/c1-14-11-18-21(13-20(14)36-4)37-27(29-18)30-23(17-7-5-6-10-28-17)22(25(32)26(30)33)24(31)16-12-15(34-2)8-9-19(16)35-3/h5-13,23,31H,1-4H3/b24-22+. The molecule has 0 radical (unpaired) electrons. The maximum absolute atomic E-state index is 13.5. The largest absolute Gasteiger partial charge is 0.507 e. The van der Waals surface area contributed by atoms with E-state index in [2.05, 4.69) is 9.97 Å². The van der Waals surface area contributed by atoms with Crippen LogP contribution in [-0.2, 0) is 9.59 Å². The van der Waals surface area contributed by atoms with Gasteiger partial charge in [-0.15, -0.1) is 0 Å². The van der Waals surface area contributed by atoms with E-state index >= 15 is 0 Å². The monoisotopic (exact) mass is 517 g/mol. The molecule has 0 aliphatic carbocycles. The second-order valence-corrected chi connectivity index (χ2v) is 9.29. The first-order chi connectivity index (χ1) is 17.9. The molecule has 9 nitrogen and oxygen atoms in total. The number of amides is 1. The van der Waals surface area contributed by atoms with Crippen LogP contribution in [0.15, 0.2) is 60.3 Å². The number of benzene rings is 2. The first-order valence-corrected chi connectivity index (χ1v) is 12.1. The number of methoxy groups -OCH3 is 3. The first-order valence-electron chi connectivity index (χ1n) is 11.3. The van der Waals surface area contributed by atoms with Crippen molar-refractivity contribution in [3.8, 4) is 17.2 Å². The Morgan fingerprint density at radius 2 is 1.78 bits per heavy atom. The minimum absolute atomic E-state index is 0.122. The molecule has 1 amide bonds. The van der Waals surface area contributed by atoms with Gasteiger partial charge in [0.15, 0.2) is 5.13 Å². The molecular weight excluding hydrogens is 494 g/mol. The lowest BCUT2D eigenvalue weighted by Gasteiger charge is -2.22. The molecule has 0 spiro atoms. The number of fused-ring (bicyclic) bond motifs is 1. The maximum Gasteiger partial charge on any atom is 0.301 e. The molecule has 188 valence electrons. The van der Waals surface area contributed by atoms with Crippen molar-refractivity contribution in [3.63, 3.8) is 0 Å². The highest BCUT2D eigenvalue weighted by Crippen LogP contribution is 2.45. The molecule has 0 saturated carbocycles. The molecule has 5 rings (SSSR count). The van der Waals surface area contributed by atoms with Crippen molar-refractivity contribution in [3.05, 3.63) is 77.1 Å². The molecule has 2 aromatic heterocycles. The summed E-state index contributed by atoms with van der Waals surface area (Å²) >= 11 is 1.25. The van der Waals surface area contributed by atoms with E-state index in [1.165, 1.54) is 30.5 Å². The van der Waals surface area contributed by atoms with Crippen LogP contribution >= 0.6 is 11.3 Å². The minimum atomic E-state index is -1.01. The van der Waals surface area contributed by atoms with Gasteiger partial charge in [-0.3, -0.25) is 19.5 Å². The van der Waals surface area contributed by atoms with E-state index in [4.69, 9.17) is 14.2 Å². The summed E-state index contributed by atoms with van der Waals surface area (Å²) in [5, 5.41) is 11.8. The van der Waals surface area contributed by atoms with Crippen molar-refractivity contribution in [1.29, 1.82) is 0 Å². The summed E-state index contributed by atoms with van der Waals surface area (Å²) in [7, 11) is 4.52. The van der Waals surface area contributed by atoms with Gasteiger partial charge in [0.25, 0.3) is 5.78 Å². The third-order valence-corrected chi connectivity index (χ3v) is 7.19. The third-order valence-electron chi connectivity index (χ3n) is 6.17. The summed E-state index contributed by atoms with van der Waals surface area (Å²) < 4.78 is 16.9. The summed E-state index contributed by atoms with van der Waals surface area (Å²) in [6.45, 7) is 1.90. The lowest BCUT2D eigenvalue weighted by molar-refractivity contribution is -0.132. The zero-order valence-corrected chi connectivity index (χ0v) is 21.3. The number of pyridine rings is 1. The van der Waals surface area contributed by atoms with Crippen molar-refractivity contribution >= 4 is 44.1 Å². The number of hydrogen-bond acceptors (Lipinski definition) is 9. The Balaban J connectivity index is 1.74. The Bertz CT molecular complexity index is 1560. The molecule has 1 saturated heterocycles. The maximum atomic E-state index is 13.5. The number of Topliss-reactive ketones (excluding diaryl/α,β-unsaturated/α-hetero) is 1. The molecule has 4 aromatic rings. The molecular formula is C27H23N3O6S. The Hall–Kier alpha value is -4.44. The molecule has 1 aliphatic heterocycles. The fourth-order valence-corrected chi connectivity index (χ4v) is 5.36. The quantitative estimate of drug-likeness (QED) is 0.224. The summed E-state index contributed by atoms with van der Waals surface area (Å²) in [4.78, 5) is 37.3. The highest BCUT2D eigenvalue weighted by atomic mass is 32.1. The highest BCUT2D eigenvalue weighted by Gasteiger charge is 2.49.